The summed E-state index contributed by atoms with van der Waals surface area (Å²) >= 11 is 0. The van der Waals surface area contributed by atoms with Gasteiger partial charge in [0.05, 0.1) is 0 Å². The van der Waals surface area contributed by atoms with Crippen LogP contribution >= 0.6 is 0 Å². The average molecular weight is 435 g/mol. The molecular formula is C23H25N5O4. The number of nitrogens with one attached hydrogen (secondary N) is 5. The normalized spacial score (nSPS) is 22.1. The van der Waals surface area contributed by atoms with Gasteiger partial charge in [-0.1, -0.05) is 24.3 Å². The fourth-order valence-electron chi connectivity index (χ4n) is 4.14. The molecule has 9 heteroatoms. The van der Waals surface area contributed by atoms with Crippen LogP contribution in [-0.4, -0.2) is 29.4 Å². The third-order valence-corrected chi connectivity index (χ3v) is 6.01. The van der Waals surface area contributed by atoms with Gasteiger partial charge < -0.3 is 21.3 Å². The summed E-state index contributed by atoms with van der Waals surface area (Å²) in [6.07, 6.45) is 1.83. The second-order valence-corrected chi connectivity index (χ2v) is 8.23. The smallest absolute Gasteiger partial charge is 0.323 e. The number of benzene rings is 2. The van der Waals surface area contributed by atoms with Gasteiger partial charge in [0.1, 0.15) is 5.54 Å². The summed E-state index contributed by atoms with van der Waals surface area (Å²) in [7, 11) is 0. The van der Waals surface area contributed by atoms with Crippen molar-refractivity contribution in [1.29, 1.82) is 0 Å². The van der Waals surface area contributed by atoms with E-state index in [-0.39, 0.29) is 23.8 Å². The van der Waals surface area contributed by atoms with Crippen LogP contribution in [0.3, 0.4) is 0 Å². The Morgan fingerprint density at radius 1 is 0.938 bits per heavy atom. The molecule has 1 saturated heterocycles. The van der Waals surface area contributed by atoms with Crippen molar-refractivity contribution in [1.82, 2.24) is 10.6 Å². The first-order valence-corrected chi connectivity index (χ1v) is 10.5. The predicted molar refractivity (Wildman–Crippen MR) is 120 cm³/mol. The van der Waals surface area contributed by atoms with Crippen LogP contribution in [0.2, 0.25) is 0 Å². The van der Waals surface area contributed by atoms with E-state index < -0.39 is 11.6 Å². The van der Waals surface area contributed by atoms with E-state index in [0.717, 1.165) is 5.56 Å². The van der Waals surface area contributed by atoms with Gasteiger partial charge in [0, 0.05) is 23.0 Å². The van der Waals surface area contributed by atoms with E-state index in [1.165, 1.54) is 0 Å². The number of aryl methyl sites for hydroxylation is 1. The summed E-state index contributed by atoms with van der Waals surface area (Å²) in [4.78, 5) is 48.6. The van der Waals surface area contributed by atoms with E-state index in [1.54, 1.807) is 24.3 Å². The Balaban J connectivity index is 1.36. The Bertz CT molecular complexity index is 1060. The molecule has 0 radical (unpaired) electrons. The van der Waals surface area contributed by atoms with Gasteiger partial charge in [0.2, 0.25) is 5.91 Å². The number of urea groups is 2. The zero-order chi connectivity index (χ0) is 22.7. The highest BCUT2D eigenvalue weighted by molar-refractivity contribution is 6.07. The fraction of sp³-hybridized carbons (Fsp3) is 0.304. The van der Waals surface area contributed by atoms with E-state index in [9.17, 15) is 19.2 Å². The van der Waals surface area contributed by atoms with Crippen molar-refractivity contribution < 1.29 is 19.2 Å². The van der Waals surface area contributed by atoms with Crippen LogP contribution in [0.4, 0.5) is 26.7 Å². The molecule has 1 heterocycles. The summed E-state index contributed by atoms with van der Waals surface area (Å²) in [6, 6.07) is 13.5. The molecule has 4 rings (SSSR count). The second-order valence-electron chi connectivity index (χ2n) is 8.23. The SMILES string of the molecule is Cc1ccc(NC(=O)Nc2ccccc2)cc1NC(=O)C1CCC2(CC1)NC(=O)NC2=O. The van der Waals surface area contributed by atoms with Gasteiger partial charge >= 0.3 is 12.1 Å². The summed E-state index contributed by atoms with van der Waals surface area (Å²) in [5.74, 6) is -0.716. The maximum atomic E-state index is 12.8. The summed E-state index contributed by atoms with van der Waals surface area (Å²) in [6.45, 7) is 1.87. The molecule has 32 heavy (non-hydrogen) atoms. The van der Waals surface area contributed by atoms with Crippen LogP contribution < -0.4 is 26.6 Å². The number of carbonyl (C=O) groups is 4. The van der Waals surface area contributed by atoms with E-state index >= 15 is 0 Å². The molecule has 2 aromatic carbocycles. The lowest BCUT2D eigenvalue weighted by molar-refractivity contribution is -0.128. The van der Waals surface area contributed by atoms with Crippen molar-refractivity contribution >= 4 is 40.9 Å². The molecule has 2 aliphatic rings. The number of hydrogen-bond acceptors (Lipinski definition) is 4. The third-order valence-electron chi connectivity index (χ3n) is 6.01. The van der Waals surface area contributed by atoms with Gasteiger partial charge in [0.15, 0.2) is 0 Å². The molecule has 0 aromatic heterocycles. The van der Waals surface area contributed by atoms with Crippen molar-refractivity contribution in [3.63, 3.8) is 0 Å². The zero-order valence-electron chi connectivity index (χ0n) is 17.7. The van der Waals surface area contributed by atoms with Crippen molar-refractivity contribution in [2.45, 2.75) is 38.1 Å². The van der Waals surface area contributed by atoms with Gasteiger partial charge in [-0.3, -0.25) is 14.9 Å². The summed E-state index contributed by atoms with van der Waals surface area (Å²) < 4.78 is 0. The van der Waals surface area contributed by atoms with Crippen LogP contribution in [0, 0.1) is 12.8 Å². The second kappa shape index (κ2) is 8.70. The number of imide groups is 1. The maximum absolute atomic E-state index is 12.8. The molecule has 6 amide bonds. The molecule has 1 aliphatic carbocycles. The van der Waals surface area contributed by atoms with Crippen LogP contribution in [0.25, 0.3) is 0 Å². The van der Waals surface area contributed by atoms with Gasteiger partial charge in [0.25, 0.3) is 5.91 Å². The van der Waals surface area contributed by atoms with Gasteiger partial charge in [-0.05, 0) is 62.4 Å². The molecule has 5 N–H and O–H groups in total. The minimum absolute atomic E-state index is 0.140. The Kier molecular flexibility index (Phi) is 5.81. The molecule has 166 valence electrons. The number of hydrogen-bond donors (Lipinski definition) is 5. The highest BCUT2D eigenvalue weighted by Crippen LogP contribution is 2.35. The largest absolute Gasteiger partial charge is 0.326 e. The molecule has 1 spiro atoms. The zero-order valence-corrected chi connectivity index (χ0v) is 17.7. The van der Waals surface area contributed by atoms with Gasteiger partial charge in [-0.25, -0.2) is 9.59 Å². The Labute approximate surface area is 185 Å². The molecule has 0 unspecified atom stereocenters. The molecule has 2 aromatic rings. The lowest BCUT2D eigenvalue weighted by atomic mass is 9.76. The topological polar surface area (TPSA) is 128 Å². The number of carbonyl (C=O) groups excluding carboxylic acids is 4. The minimum atomic E-state index is -0.889. The van der Waals surface area contributed by atoms with Crippen LogP contribution in [0.1, 0.15) is 31.2 Å². The van der Waals surface area contributed by atoms with Crippen molar-refractivity contribution in [2.24, 2.45) is 5.92 Å². The van der Waals surface area contributed by atoms with E-state index in [2.05, 4.69) is 26.6 Å². The monoisotopic (exact) mass is 435 g/mol. The first kappa shape index (κ1) is 21.4. The maximum Gasteiger partial charge on any atom is 0.323 e. The highest BCUT2D eigenvalue weighted by atomic mass is 16.2. The fourth-order valence-corrected chi connectivity index (χ4v) is 4.14. The van der Waals surface area contributed by atoms with E-state index in [0.29, 0.717) is 42.7 Å². The van der Waals surface area contributed by atoms with Crippen molar-refractivity contribution in [2.75, 3.05) is 16.0 Å². The summed E-state index contributed by atoms with van der Waals surface area (Å²) in [5.41, 5.74) is 1.81. The molecule has 2 fully saturated rings. The first-order chi connectivity index (χ1) is 15.3. The third kappa shape index (κ3) is 4.56. The van der Waals surface area contributed by atoms with Crippen molar-refractivity contribution in [3.05, 3.63) is 54.1 Å². The average Bonchev–Trinajstić information content (AvgIpc) is 3.04. The van der Waals surface area contributed by atoms with Crippen LogP contribution in [0.5, 0.6) is 0 Å². The Morgan fingerprint density at radius 3 is 2.28 bits per heavy atom. The predicted octanol–water partition coefficient (Wildman–Crippen LogP) is 3.35. The standard InChI is InChI=1S/C23H25N5O4/c1-14-7-8-17(25-21(31)24-16-5-3-2-4-6-16)13-18(14)26-19(29)15-9-11-23(12-10-15)20(30)27-22(32)28-23/h2-8,13,15H,9-12H2,1H3,(H,26,29)(H2,24,25,31)(H2,27,28,30,32). The number of amides is 6. The molecule has 1 aliphatic heterocycles. The van der Waals surface area contributed by atoms with Gasteiger partial charge in [-0.2, -0.15) is 0 Å². The Hall–Kier alpha value is -3.88. The lowest BCUT2D eigenvalue weighted by Crippen LogP contribution is -2.50. The van der Waals surface area contributed by atoms with E-state index in [4.69, 9.17) is 0 Å². The molecule has 0 atom stereocenters. The first-order valence-electron chi connectivity index (χ1n) is 10.5. The highest BCUT2D eigenvalue weighted by Gasteiger charge is 2.48. The number of rotatable bonds is 4. The number of anilines is 3. The van der Waals surface area contributed by atoms with Crippen molar-refractivity contribution in [3.8, 4) is 0 Å². The molecule has 0 bridgehead atoms. The van der Waals surface area contributed by atoms with E-state index in [1.807, 2.05) is 31.2 Å². The van der Waals surface area contributed by atoms with Crippen LogP contribution in [0.15, 0.2) is 48.5 Å². The quantitative estimate of drug-likeness (QED) is 0.472. The minimum Gasteiger partial charge on any atom is -0.326 e. The molecule has 9 nitrogen and oxygen atoms in total. The van der Waals surface area contributed by atoms with Gasteiger partial charge in [-0.15, -0.1) is 0 Å². The molecule has 1 saturated carbocycles. The summed E-state index contributed by atoms with van der Waals surface area (Å²) in [5, 5.41) is 13.4. The molecular weight excluding hydrogens is 410 g/mol. The van der Waals surface area contributed by atoms with Crippen LogP contribution in [-0.2, 0) is 9.59 Å². The Morgan fingerprint density at radius 2 is 1.62 bits per heavy atom. The lowest BCUT2D eigenvalue weighted by Gasteiger charge is -2.34. The number of para-hydroxylation sites is 1.